The van der Waals surface area contributed by atoms with Gasteiger partial charge in [-0.2, -0.15) is 0 Å². The minimum Gasteiger partial charge on any atom is -0.315 e. The summed E-state index contributed by atoms with van der Waals surface area (Å²) in [6, 6.07) is 6.87. The summed E-state index contributed by atoms with van der Waals surface area (Å²) in [6.07, 6.45) is 1.19. The Morgan fingerprint density at radius 2 is 1.95 bits per heavy atom. The number of H-pyrrole nitrogens is 1. The van der Waals surface area contributed by atoms with Crippen LogP contribution in [0.3, 0.4) is 0 Å². The largest absolute Gasteiger partial charge is 0.315 e. The molecule has 108 valence electrons. The number of aromatic amines is 1. The fourth-order valence-corrected chi connectivity index (χ4v) is 3.00. The van der Waals surface area contributed by atoms with Gasteiger partial charge in [-0.1, -0.05) is 23.5 Å². The fraction of sp³-hybridized carbons (Fsp3) is 0.308. The molecule has 0 fully saturated rings. The summed E-state index contributed by atoms with van der Waals surface area (Å²) in [7, 11) is -3.16. The van der Waals surface area contributed by atoms with Crippen molar-refractivity contribution in [1.82, 2.24) is 10.3 Å². The third-order valence-electron chi connectivity index (χ3n) is 2.98. The number of sulfone groups is 1. The van der Waals surface area contributed by atoms with E-state index in [1.807, 2.05) is 6.92 Å². The Kier molecular flexibility index (Phi) is 4.42. The summed E-state index contributed by atoms with van der Waals surface area (Å²) in [4.78, 5) is 14.0. The van der Waals surface area contributed by atoms with Crippen LogP contribution in [0.2, 0.25) is 0 Å². The van der Waals surface area contributed by atoms with Crippen LogP contribution in [0.15, 0.2) is 39.3 Å². The van der Waals surface area contributed by atoms with Crippen molar-refractivity contribution >= 4 is 21.2 Å². The van der Waals surface area contributed by atoms with Crippen molar-refractivity contribution in [3.63, 3.8) is 0 Å². The SMILES string of the molecule is CC(NCc1csc(=O)[nH]1)c1ccc(S(C)(=O)=O)cc1. The molecule has 1 heterocycles. The second-order valence-electron chi connectivity index (χ2n) is 4.62. The van der Waals surface area contributed by atoms with E-state index in [2.05, 4.69) is 10.3 Å². The van der Waals surface area contributed by atoms with Crippen LogP contribution >= 0.6 is 11.3 Å². The van der Waals surface area contributed by atoms with Gasteiger partial charge in [0, 0.05) is 29.9 Å². The van der Waals surface area contributed by atoms with Crippen LogP contribution in [-0.2, 0) is 16.4 Å². The van der Waals surface area contributed by atoms with Gasteiger partial charge < -0.3 is 10.3 Å². The minimum atomic E-state index is -3.16. The summed E-state index contributed by atoms with van der Waals surface area (Å²) >= 11 is 1.14. The van der Waals surface area contributed by atoms with Crippen molar-refractivity contribution in [2.75, 3.05) is 6.26 Å². The quantitative estimate of drug-likeness (QED) is 0.880. The highest BCUT2D eigenvalue weighted by molar-refractivity contribution is 7.90. The summed E-state index contributed by atoms with van der Waals surface area (Å²) in [5.74, 6) is 0. The molecular weight excluding hydrogens is 296 g/mol. The van der Waals surface area contributed by atoms with Crippen molar-refractivity contribution in [2.24, 2.45) is 0 Å². The van der Waals surface area contributed by atoms with Gasteiger partial charge in [0.05, 0.1) is 4.90 Å². The summed E-state index contributed by atoms with van der Waals surface area (Å²) < 4.78 is 22.8. The number of hydrogen-bond acceptors (Lipinski definition) is 5. The molecule has 0 radical (unpaired) electrons. The second kappa shape index (κ2) is 5.90. The molecule has 0 bridgehead atoms. The third kappa shape index (κ3) is 3.78. The van der Waals surface area contributed by atoms with Gasteiger partial charge in [-0.3, -0.25) is 4.79 Å². The Bertz CT molecular complexity index is 729. The lowest BCUT2D eigenvalue weighted by atomic mass is 10.1. The highest BCUT2D eigenvalue weighted by Crippen LogP contribution is 2.16. The lowest BCUT2D eigenvalue weighted by Gasteiger charge is -2.14. The molecule has 0 aliphatic heterocycles. The molecule has 1 atom stereocenters. The zero-order valence-corrected chi connectivity index (χ0v) is 12.8. The third-order valence-corrected chi connectivity index (χ3v) is 4.82. The molecule has 0 aliphatic rings. The fourth-order valence-electron chi connectivity index (χ4n) is 1.79. The molecule has 2 rings (SSSR count). The molecule has 0 saturated heterocycles. The zero-order valence-electron chi connectivity index (χ0n) is 11.2. The molecule has 5 nitrogen and oxygen atoms in total. The van der Waals surface area contributed by atoms with Crippen LogP contribution < -0.4 is 10.2 Å². The molecule has 1 aromatic heterocycles. The van der Waals surface area contributed by atoms with Gasteiger partial charge in [0.25, 0.3) is 0 Å². The minimum absolute atomic E-state index is 0.0620. The molecule has 1 unspecified atom stereocenters. The van der Waals surface area contributed by atoms with E-state index in [4.69, 9.17) is 0 Å². The number of benzene rings is 1. The molecule has 0 aliphatic carbocycles. The first-order valence-corrected chi connectivity index (χ1v) is 8.83. The Hall–Kier alpha value is -1.44. The van der Waals surface area contributed by atoms with Gasteiger partial charge in [0.2, 0.25) is 0 Å². The Morgan fingerprint density at radius 1 is 1.30 bits per heavy atom. The van der Waals surface area contributed by atoms with Gasteiger partial charge in [-0.25, -0.2) is 8.42 Å². The lowest BCUT2D eigenvalue weighted by molar-refractivity contribution is 0.568. The van der Waals surface area contributed by atoms with E-state index in [0.29, 0.717) is 11.4 Å². The average molecular weight is 312 g/mol. The first-order valence-electron chi connectivity index (χ1n) is 6.06. The lowest BCUT2D eigenvalue weighted by Crippen LogP contribution is -2.18. The normalized spacial score (nSPS) is 13.3. The van der Waals surface area contributed by atoms with Crippen molar-refractivity contribution in [2.45, 2.75) is 24.4 Å². The summed E-state index contributed by atoms with van der Waals surface area (Å²) in [5.41, 5.74) is 1.84. The monoisotopic (exact) mass is 312 g/mol. The van der Waals surface area contributed by atoms with E-state index in [0.717, 1.165) is 22.6 Å². The highest BCUT2D eigenvalue weighted by Gasteiger charge is 2.09. The van der Waals surface area contributed by atoms with E-state index in [1.165, 1.54) is 6.26 Å². The van der Waals surface area contributed by atoms with Gasteiger partial charge in [-0.05, 0) is 24.6 Å². The number of rotatable bonds is 5. The van der Waals surface area contributed by atoms with Gasteiger partial charge >= 0.3 is 4.87 Å². The van der Waals surface area contributed by atoms with Gasteiger partial charge in [-0.15, -0.1) is 0 Å². The smallest absolute Gasteiger partial charge is 0.304 e. The van der Waals surface area contributed by atoms with Gasteiger partial charge in [0.15, 0.2) is 9.84 Å². The van der Waals surface area contributed by atoms with Crippen molar-refractivity contribution < 1.29 is 8.42 Å². The number of hydrogen-bond donors (Lipinski definition) is 2. The molecule has 20 heavy (non-hydrogen) atoms. The molecular formula is C13H16N2O3S2. The van der Waals surface area contributed by atoms with Crippen LogP contribution in [-0.4, -0.2) is 19.7 Å². The van der Waals surface area contributed by atoms with Crippen molar-refractivity contribution in [1.29, 1.82) is 0 Å². The van der Waals surface area contributed by atoms with E-state index in [9.17, 15) is 13.2 Å². The Balaban J connectivity index is 2.02. The zero-order chi connectivity index (χ0) is 14.8. The first kappa shape index (κ1) is 15.0. The van der Waals surface area contributed by atoms with E-state index < -0.39 is 9.84 Å². The van der Waals surface area contributed by atoms with E-state index in [1.54, 1.807) is 29.6 Å². The Labute approximate surface area is 121 Å². The van der Waals surface area contributed by atoms with Crippen LogP contribution in [0.4, 0.5) is 0 Å². The predicted molar refractivity (Wildman–Crippen MR) is 79.7 cm³/mol. The molecule has 2 N–H and O–H groups in total. The standard InChI is InChI=1S/C13H16N2O3S2/c1-9(14-7-11-8-19-13(16)15-11)10-3-5-12(6-4-10)20(2,17)18/h3-6,8-9,14H,7H2,1-2H3,(H,15,16). The topological polar surface area (TPSA) is 79.0 Å². The summed E-state index contributed by atoms with van der Waals surface area (Å²) in [5, 5.41) is 5.06. The van der Waals surface area contributed by atoms with E-state index in [-0.39, 0.29) is 10.9 Å². The average Bonchev–Trinajstić information content (AvgIpc) is 2.81. The molecule has 7 heteroatoms. The molecule has 0 saturated carbocycles. The van der Waals surface area contributed by atoms with Crippen LogP contribution in [0.1, 0.15) is 24.2 Å². The predicted octanol–water partition coefficient (Wildman–Crippen LogP) is 1.69. The highest BCUT2D eigenvalue weighted by atomic mass is 32.2. The van der Waals surface area contributed by atoms with Crippen molar-refractivity contribution in [3.05, 3.63) is 50.6 Å². The number of thiazole rings is 1. The number of nitrogens with one attached hydrogen (secondary N) is 2. The maximum Gasteiger partial charge on any atom is 0.304 e. The first-order chi connectivity index (χ1) is 9.36. The molecule has 1 aromatic carbocycles. The molecule has 0 amide bonds. The summed E-state index contributed by atoms with van der Waals surface area (Å²) in [6.45, 7) is 2.55. The van der Waals surface area contributed by atoms with Crippen LogP contribution in [0.5, 0.6) is 0 Å². The Morgan fingerprint density at radius 3 is 2.45 bits per heavy atom. The van der Waals surface area contributed by atoms with E-state index >= 15 is 0 Å². The van der Waals surface area contributed by atoms with Crippen molar-refractivity contribution in [3.8, 4) is 0 Å². The molecule has 0 spiro atoms. The van der Waals surface area contributed by atoms with Gasteiger partial charge in [0.1, 0.15) is 0 Å². The van der Waals surface area contributed by atoms with Crippen LogP contribution in [0.25, 0.3) is 0 Å². The second-order valence-corrected chi connectivity index (χ2v) is 7.48. The van der Waals surface area contributed by atoms with Crippen LogP contribution in [0, 0.1) is 0 Å². The maximum atomic E-state index is 11.4. The maximum absolute atomic E-state index is 11.4. The molecule has 2 aromatic rings. The number of aromatic nitrogens is 1.